The van der Waals surface area contributed by atoms with E-state index in [1.807, 2.05) is 26.0 Å². The first-order valence-electron chi connectivity index (χ1n) is 8.09. The van der Waals surface area contributed by atoms with Crippen molar-refractivity contribution in [1.82, 2.24) is 5.32 Å². The Bertz CT molecular complexity index is 785. The van der Waals surface area contributed by atoms with E-state index in [1.165, 1.54) is 12.1 Å². The van der Waals surface area contributed by atoms with E-state index in [0.717, 1.165) is 10.0 Å². The lowest BCUT2D eigenvalue weighted by molar-refractivity contribution is -0.140. The predicted octanol–water partition coefficient (Wildman–Crippen LogP) is 5.02. The fourth-order valence-corrected chi connectivity index (χ4v) is 3.08. The minimum absolute atomic E-state index is 0.0537. The highest BCUT2D eigenvalue weighted by Crippen LogP contribution is 2.26. The highest BCUT2D eigenvalue weighted by Gasteiger charge is 2.21. The summed E-state index contributed by atoms with van der Waals surface area (Å²) in [7, 11) is 0. The number of carboxylic acids is 1. The molecule has 0 aliphatic carbocycles. The van der Waals surface area contributed by atoms with Crippen molar-refractivity contribution in [2.45, 2.75) is 33.0 Å². The number of ether oxygens (including phenoxy) is 1. The summed E-state index contributed by atoms with van der Waals surface area (Å²) in [4.78, 5) is 11.3. The van der Waals surface area contributed by atoms with Crippen molar-refractivity contribution in [3.05, 3.63) is 62.8 Å². The lowest BCUT2D eigenvalue weighted by Crippen LogP contribution is -2.40. The number of carboxylic acid groups (broad SMARTS) is 1. The Kier molecular flexibility index (Phi) is 7.43. The molecular weight excluding hydrogens is 425 g/mol. The molecular formula is C19H20BrClFNO3. The lowest BCUT2D eigenvalue weighted by Gasteiger charge is -2.19. The maximum absolute atomic E-state index is 13.1. The van der Waals surface area contributed by atoms with Crippen LogP contribution in [0.5, 0.6) is 5.75 Å². The number of benzene rings is 2. The van der Waals surface area contributed by atoms with Crippen LogP contribution in [0.1, 0.15) is 25.0 Å². The maximum atomic E-state index is 13.1. The van der Waals surface area contributed by atoms with Crippen molar-refractivity contribution in [2.75, 3.05) is 0 Å². The summed E-state index contributed by atoms with van der Waals surface area (Å²) in [6.45, 7) is 4.21. The molecule has 26 heavy (non-hydrogen) atoms. The molecule has 4 nitrogen and oxygen atoms in total. The van der Waals surface area contributed by atoms with E-state index in [4.69, 9.17) is 16.3 Å². The van der Waals surface area contributed by atoms with Crippen LogP contribution in [-0.2, 0) is 17.9 Å². The van der Waals surface area contributed by atoms with E-state index in [9.17, 15) is 14.3 Å². The number of rotatable bonds is 8. The number of aliphatic carboxylic acids is 1. The minimum atomic E-state index is -0.893. The van der Waals surface area contributed by atoms with Crippen molar-refractivity contribution < 1.29 is 19.0 Å². The van der Waals surface area contributed by atoms with Gasteiger partial charge in [0.15, 0.2) is 0 Å². The van der Waals surface area contributed by atoms with Crippen LogP contribution < -0.4 is 10.1 Å². The van der Waals surface area contributed by atoms with Crippen molar-refractivity contribution >= 4 is 33.5 Å². The quantitative estimate of drug-likeness (QED) is 0.600. The third-order valence-corrected chi connectivity index (χ3v) is 4.71. The summed E-state index contributed by atoms with van der Waals surface area (Å²) in [6, 6.07) is 8.99. The van der Waals surface area contributed by atoms with Crippen molar-refractivity contribution in [3.8, 4) is 5.75 Å². The molecule has 0 spiro atoms. The van der Waals surface area contributed by atoms with E-state index in [1.54, 1.807) is 12.1 Å². The van der Waals surface area contributed by atoms with Gasteiger partial charge in [0.05, 0.1) is 5.02 Å². The Hall–Kier alpha value is -1.63. The van der Waals surface area contributed by atoms with E-state index >= 15 is 0 Å². The summed E-state index contributed by atoms with van der Waals surface area (Å²) >= 11 is 9.44. The van der Waals surface area contributed by atoms with Gasteiger partial charge < -0.3 is 9.84 Å². The zero-order valence-electron chi connectivity index (χ0n) is 14.4. The fraction of sp³-hybridized carbons (Fsp3) is 0.316. The average Bonchev–Trinajstić information content (AvgIpc) is 2.55. The largest absolute Gasteiger partial charge is 0.489 e. The molecule has 1 atom stereocenters. The predicted molar refractivity (Wildman–Crippen MR) is 103 cm³/mol. The van der Waals surface area contributed by atoms with Gasteiger partial charge in [0.25, 0.3) is 0 Å². The summed E-state index contributed by atoms with van der Waals surface area (Å²) in [6.07, 6.45) is 0. The second kappa shape index (κ2) is 9.35. The number of nitrogens with one attached hydrogen (secondary N) is 1. The van der Waals surface area contributed by atoms with Crippen molar-refractivity contribution in [1.29, 1.82) is 0 Å². The van der Waals surface area contributed by atoms with E-state index < -0.39 is 17.8 Å². The van der Waals surface area contributed by atoms with Gasteiger partial charge in [0.1, 0.15) is 24.2 Å². The van der Waals surface area contributed by atoms with Crippen LogP contribution >= 0.6 is 27.5 Å². The first-order valence-corrected chi connectivity index (χ1v) is 9.26. The Morgan fingerprint density at radius 3 is 2.62 bits per heavy atom. The molecule has 0 bridgehead atoms. The van der Waals surface area contributed by atoms with Crippen molar-refractivity contribution in [2.24, 2.45) is 5.92 Å². The summed E-state index contributed by atoms with van der Waals surface area (Å²) < 4.78 is 19.8. The molecule has 2 rings (SSSR count). The van der Waals surface area contributed by atoms with E-state index in [0.29, 0.717) is 22.9 Å². The zero-order chi connectivity index (χ0) is 19.3. The van der Waals surface area contributed by atoms with Gasteiger partial charge in [-0.15, -0.1) is 0 Å². The zero-order valence-corrected chi connectivity index (χ0v) is 16.8. The highest BCUT2D eigenvalue weighted by atomic mass is 79.9. The number of carbonyl (C=O) groups is 1. The van der Waals surface area contributed by atoms with Gasteiger partial charge in [-0.25, -0.2) is 4.39 Å². The molecule has 2 aromatic rings. The smallest absolute Gasteiger partial charge is 0.320 e. The van der Waals surface area contributed by atoms with Crippen LogP contribution in [-0.4, -0.2) is 17.1 Å². The molecule has 140 valence electrons. The monoisotopic (exact) mass is 443 g/mol. The minimum Gasteiger partial charge on any atom is -0.489 e. The Morgan fingerprint density at radius 1 is 1.27 bits per heavy atom. The first-order chi connectivity index (χ1) is 12.3. The van der Waals surface area contributed by atoms with Crippen molar-refractivity contribution in [3.63, 3.8) is 0 Å². The van der Waals surface area contributed by atoms with Gasteiger partial charge >= 0.3 is 5.97 Å². The fourth-order valence-electron chi connectivity index (χ4n) is 2.45. The van der Waals surface area contributed by atoms with Gasteiger partial charge in [-0.2, -0.15) is 0 Å². The molecule has 2 aromatic carbocycles. The van der Waals surface area contributed by atoms with Crippen LogP contribution in [0.4, 0.5) is 4.39 Å². The van der Waals surface area contributed by atoms with Crippen LogP contribution in [0.15, 0.2) is 40.9 Å². The molecule has 0 fully saturated rings. The van der Waals surface area contributed by atoms with Crippen LogP contribution in [0.3, 0.4) is 0 Å². The SMILES string of the molecule is CC(C)C(NCc1cc(Br)ccc1OCc1ccc(F)cc1Cl)C(=O)O. The lowest BCUT2D eigenvalue weighted by atomic mass is 10.0. The van der Waals surface area contributed by atoms with E-state index in [-0.39, 0.29) is 12.5 Å². The second-order valence-corrected chi connectivity index (χ2v) is 7.54. The number of hydrogen-bond acceptors (Lipinski definition) is 3. The normalized spacial score (nSPS) is 12.2. The van der Waals surface area contributed by atoms with Crippen LogP contribution in [0.2, 0.25) is 5.02 Å². The summed E-state index contributed by atoms with van der Waals surface area (Å²) in [5.74, 6) is -0.743. The molecule has 2 N–H and O–H groups in total. The number of hydrogen-bond donors (Lipinski definition) is 2. The Labute approximate surface area is 165 Å². The number of halogens is 3. The van der Waals surface area contributed by atoms with Gasteiger partial charge in [-0.3, -0.25) is 10.1 Å². The molecule has 7 heteroatoms. The van der Waals surface area contributed by atoms with Gasteiger partial charge in [0, 0.05) is 22.1 Å². The first kappa shape index (κ1) is 20.7. The third kappa shape index (κ3) is 5.69. The topological polar surface area (TPSA) is 58.6 Å². The molecule has 0 amide bonds. The highest BCUT2D eigenvalue weighted by molar-refractivity contribution is 9.10. The Morgan fingerprint density at radius 2 is 2.00 bits per heavy atom. The molecule has 0 aliphatic heterocycles. The molecule has 0 aromatic heterocycles. The molecule has 0 saturated heterocycles. The standard InChI is InChI=1S/C19H20BrClFNO3/c1-11(2)18(19(24)25)23-9-13-7-14(20)4-6-17(13)26-10-12-3-5-15(22)8-16(12)21/h3-8,11,18,23H,9-10H2,1-2H3,(H,24,25). The van der Waals surface area contributed by atoms with Crippen LogP contribution in [0.25, 0.3) is 0 Å². The third-order valence-electron chi connectivity index (χ3n) is 3.87. The Balaban J connectivity index is 2.12. The summed E-state index contributed by atoms with van der Waals surface area (Å²) in [5, 5.41) is 12.6. The van der Waals surface area contributed by atoms with Crippen LogP contribution in [0, 0.1) is 11.7 Å². The van der Waals surface area contributed by atoms with E-state index in [2.05, 4.69) is 21.2 Å². The molecule has 0 saturated carbocycles. The van der Waals surface area contributed by atoms with Gasteiger partial charge in [0.2, 0.25) is 0 Å². The van der Waals surface area contributed by atoms with Gasteiger partial charge in [-0.1, -0.05) is 47.4 Å². The molecule has 1 unspecified atom stereocenters. The summed E-state index contributed by atoms with van der Waals surface area (Å²) in [5.41, 5.74) is 1.48. The molecule has 0 aliphatic rings. The van der Waals surface area contributed by atoms with Gasteiger partial charge in [-0.05, 0) is 36.2 Å². The maximum Gasteiger partial charge on any atom is 0.320 e. The average molecular weight is 445 g/mol. The second-order valence-electron chi connectivity index (χ2n) is 6.22. The molecule has 0 radical (unpaired) electrons. The molecule has 0 heterocycles.